The lowest BCUT2D eigenvalue weighted by Gasteiger charge is -2.47. The summed E-state index contributed by atoms with van der Waals surface area (Å²) in [5.74, 6) is 0.0841. The van der Waals surface area contributed by atoms with Crippen molar-refractivity contribution in [1.29, 1.82) is 0 Å². The van der Waals surface area contributed by atoms with Gasteiger partial charge in [-0.25, -0.2) is 36.7 Å². The van der Waals surface area contributed by atoms with Crippen molar-refractivity contribution in [2.75, 3.05) is 52.4 Å². The van der Waals surface area contributed by atoms with Gasteiger partial charge in [-0.2, -0.15) is 0 Å². The van der Waals surface area contributed by atoms with E-state index < -0.39 is 42.6 Å². The van der Waals surface area contributed by atoms with Crippen LogP contribution in [0.25, 0.3) is 0 Å². The molecule has 0 spiro atoms. The van der Waals surface area contributed by atoms with Gasteiger partial charge in [0.2, 0.25) is 20.0 Å². The topological polar surface area (TPSA) is 212 Å². The third-order valence-electron chi connectivity index (χ3n) is 7.11. The SMILES string of the molecule is CC(C)(C)OC(=O)N1CC(=O)C1.CC(C)(C)OC(=O)N1CC(N2CCC(S(N)(=O)=O)CC2)C1.Cl.NS(=O)(=O)C1CCNCC1. The Morgan fingerprint density at radius 1 is 0.750 bits per heavy atom. The molecule has 0 aliphatic carbocycles. The molecule has 0 aromatic carbocycles. The first-order chi connectivity index (χ1) is 19.5. The Morgan fingerprint density at radius 3 is 1.48 bits per heavy atom. The molecule has 0 aromatic heterocycles. The van der Waals surface area contributed by atoms with Gasteiger partial charge in [0.15, 0.2) is 5.78 Å². The first-order valence-corrected chi connectivity index (χ1v) is 17.7. The minimum absolute atomic E-state index is 0. The van der Waals surface area contributed by atoms with E-state index in [1.807, 2.05) is 20.8 Å². The Bertz CT molecular complexity index is 1180. The average molecular weight is 691 g/mol. The van der Waals surface area contributed by atoms with Gasteiger partial charge in [-0.1, -0.05) is 0 Å². The van der Waals surface area contributed by atoms with E-state index in [1.165, 1.54) is 4.90 Å². The van der Waals surface area contributed by atoms with Crippen LogP contribution in [0.3, 0.4) is 0 Å². The minimum atomic E-state index is -3.42. The van der Waals surface area contributed by atoms with Crippen LogP contribution in [0.5, 0.6) is 0 Å². The van der Waals surface area contributed by atoms with Crippen LogP contribution in [0.15, 0.2) is 0 Å². The van der Waals surface area contributed by atoms with Crippen LogP contribution in [0, 0.1) is 0 Å². The molecular formula is C26H51ClN6O9S2. The lowest BCUT2D eigenvalue weighted by atomic mass is 10.0. The van der Waals surface area contributed by atoms with Gasteiger partial charge in [0.05, 0.1) is 23.6 Å². The molecule has 0 bridgehead atoms. The zero-order valence-corrected chi connectivity index (χ0v) is 29.1. The summed E-state index contributed by atoms with van der Waals surface area (Å²) in [5, 5.41) is 12.5. The third kappa shape index (κ3) is 14.1. The Labute approximate surface area is 268 Å². The quantitative estimate of drug-likeness (QED) is 0.373. The van der Waals surface area contributed by atoms with Gasteiger partial charge >= 0.3 is 12.2 Å². The number of ether oxygens (including phenoxy) is 2. The molecule has 44 heavy (non-hydrogen) atoms. The summed E-state index contributed by atoms with van der Waals surface area (Å²) >= 11 is 0. The number of carbonyl (C=O) groups is 3. The van der Waals surface area contributed by atoms with Crippen molar-refractivity contribution < 1.29 is 40.7 Å². The maximum atomic E-state index is 11.8. The summed E-state index contributed by atoms with van der Waals surface area (Å²) in [6, 6.07) is 0.305. The first kappa shape index (κ1) is 40.3. The van der Waals surface area contributed by atoms with E-state index in [9.17, 15) is 31.2 Å². The van der Waals surface area contributed by atoms with Gasteiger partial charge in [0.1, 0.15) is 11.2 Å². The maximum absolute atomic E-state index is 11.8. The van der Waals surface area contributed by atoms with E-state index >= 15 is 0 Å². The van der Waals surface area contributed by atoms with Crippen LogP contribution in [-0.4, -0.2) is 130 Å². The van der Waals surface area contributed by atoms with E-state index in [1.54, 1.807) is 25.7 Å². The number of nitrogens with two attached hydrogens (primary N) is 2. The van der Waals surface area contributed by atoms with Crippen LogP contribution in [0.2, 0.25) is 0 Å². The fourth-order valence-electron chi connectivity index (χ4n) is 4.69. The van der Waals surface area contributed by atoms with Gasteiger partial charge < -0.3 is 19.7 Å². The molecular weight excluding hydrogens is 640 g/mol. The molecule has 0 saturated carbocycles. The summed E-state index contributed by atoms with van der Waals surface area (Å²) in [6.07, 6.45) is 1.77. The molecule has 18 heteroatoms. The second-order valence-electron chi connectivity index (χ2n) is 13.3. The monoisotopic (exact) mass is 690 g/mol. The molecule has 0 unspecified atom stereocenters. The number of halogens is 1. The Hall–Kier alpha value is -1.76. The standard InChI is InChI=1S/C13H25N3O4S.C8H13NO3.C5H12N2O2S.ClH/c1-13(2,3)20-12(17)16-8-10(9-16)15-6-4-11(5-7-15)21(14,18)19;1-8(2,3)12-7(11)9-4-6(10)5-9;6-10(8,9)5-1-3-7-4-2-5;/h10-11H,4-9H2,1-3H3,(H2,14,18,19);4-5H2,1-3H3;5,7H,1-4H2,(H2,6,8,9);1H. The predicted molar refractivity (Wildman–Crippen MR) is 168 cm³/mol. The number of primary sulfonamides is 2. The van der Waals surface area contributed by atoms with E-state index in [4.69, 9.17) is 19.8 Å². The van der Waals surface area contributed by atoms with E-state index in [0.717, 1.165) is 13.1 Å². The van der Waals surface area contributed by atoms with Crippen LogP contribution >= 0.6 is 12.4 Å². The van der Waals surface area contributed by atoms with Crippen LogP contribution in [0.4, 0.5) is 9.59 Å². The van der Waals surface area contributed by atoms with Crippen LogP contribution in [-0.2, 0) is 34.3 Å². The summed E-state index contributed by atoms with van der Waals surface area (Å²) in [7, 11) is -6.69. The number of sulfonamides is 2. The summed E-state index contributed by atoms with van der Waals surface area (Å²) in [6.45, 7) is 15.6. The summed E-state index contributed by atoms with van der Waals surface area (Å²) < 4.78 is 54.4. The second kappa shape index (κ2) is 16.2. The Morgan fingerprint density at radius 2 is 1.14 bits per heavy atom. The van der Waals surface area contributed by atoms with E-state index in [-0.39, 0.29) is 42.6 Å². The fourth-order valence-corrected chi connectivity index (χ4v) is 6.45. The molecule has 258 valence electrons. The number of ketones is 1. The number of piperidine rings is 2. The van der Waals surface area contributed by atoms with Crippen molar-refractivity contribution in [3.63, 3.8) is 0 Å². The van der Waals surface area contributed by atoms with Crippen LogP contribution < -0.4 is 15.6 Å². The third-order valence-corrected chi connectivity index (χ3v) is 9.91. The van der Waals surface area contributed by atoms with Crippen molar-refractivity contribution in [2.45, 2.75) is 95.0 Å². The number of hydrogen-bond donors (Lipinski definition) is 3. The predicted octanol–water partition coefficient (Wildman–Crippen LogP) is 0.614. The van der Waals surface area contributed by atoms with Gasteiger partial charge in [0.25, 0.3) is 0 Å². The zero-order chi connectivity index (χ0) is 32.8. The number of likely N-dealkylation sites (tertiary alicyclic amines) is 3. The molecule has 2 amide bonds. The molecule has 0 atom stereocenters. The second-order valence-corrected chi connectivity index (χ2v) is 17.0. The number of amides is 2. The number of nitrogens with one attached hydrogen (secondary N) is 1. The number of carbonyl (C=O) groups excluding carboxylic acids is 3. The highest BCUT2D eigenvalue weighted by molar-refractivity contribution is 7.90. The zero-order valence-electron chi connectivity index (χ0n) is 26.6. The van der Waals surface area contributed by atoms with Gasteiger partial charge in [-0.3, -0.25) is 14.6 Å². The highest BCUT2D eigenvalue weighted by Gasteiger charge is 2.39. The molecule has 5 N–H and O–H groups in total. The van der Waals surface area contributed by atoms with Crippen molar-refractivity contribution in [1.82, 2.24) is 20.0 Å². The minimum Gasteiger partial charge on any atom is -0.444 e. The van der Waals surface area contributed by atoms with Crippen molar-refractivity contribution in [3.05, 3.63) is 0 Å². The lowest BCUT2D eigenvalue weighted by molar-refractivity contribution is -0.128. The molecule has 4 fully saturated rings. The number of hydrogen-bond acceptors (Lipinski definition) is 11. The molecule has 4 rings (SSSR count). The molecule has 4 aliphatic rings. The summed E-state index contributed by atoms with van der Waals surface area (Å²) in [5.41, 5.74) is -0.953. The fraction of sp³-hybridized carbons (Fsp3) is 0.885. The molecule has 0 aromatic rings. The van der Waals surface area contributed by atoms with Gasteiger partial charge in [-0.15, -0.1) is 12.4 Å². The number of Topliss-reactive ketones (excluding diaryl/α,β-unsaturated/α-hetero) is 1. The van der Waals surface area contributed by atoms with E-state index in [0.29, 0.717) is 57.9 Å². The Kier molecular flexibility index (Phi) is 14.8. The Balaban J connectivity index is 0.000000358. The molecule has 4 heterocycles. The molecule has 4 aliphatic heterocycles. The average Bonchev–Trinajstić information content (AvgIpc) is 2.79. The van der Waals surface area contributed by atoms with Gasteiger partial charge in [0, 0.05) is 19.1 Å². The smallest absolute Gasteiger partial charge is 0.411 e. The molecule has 15 nitrogen and oxygen atoms in total. The normalized spacial score (nSPS) is 20.9. The lowest BCUT2D eigenvalue weighted by Crippen LogP contribution is -2.63. The van der Waals surface area contributed by atoms with Crippen molar-refractivity contribution >= 4 is 50.4 Å². The highest BCUT2D eigenvalue weighted by atomic mass is 35.5. The largest absolute Gasteiger partial charge is 0.444 e. The highest BCUT2D eigenvalue weighted by Crippen LogP contribution is 2.24. The first-order valence-electron chi connectivity index (χ1n) is 14.5. The molecule has 4 saturated heterocycles. The summed E-state index contributed by atoms with van der Waals surface area (Å²) in [4.78, 5) is 38.8. The number of rotatable bonds is 3. The number of nitrogens with zero attached hydrogens (tertiary/aromatic N) is 3. The van der Waals surface area contributed by atoms with Crippen molar-refractivity contribution in [2.24, 2.45) is 10.3 Å². The van der Waals surface area contributed by atoms with E-state index in [2.05, 4.69) is 10.2 Å². The van der Waals surface area contributed by atoms with Gasteiger partial charge in [-0.05, 0) is 93.4 Å². The molecule has 0 radical (unpaired) electrons. The van der Waals surface area contributed by atoms with Crippen LogP contribution in [0.1, 0.15) is 67.2 Å². The van der Waals surface area contributed by atoms with Crippen molar-refractivity contribution in [3.8, 4) is 0 Å². The maximum Gasteiger partial charge on any atom is 0.411 e.